The lowest BCUT2D eigenvalue weighted by atomic mass is 9.90. The van der Waals surface area contributed by atoms with Crippen LogP contribution in [-0.4, -0.2) is 81.0 Å². The largest absolute Gasteiger partial charge is 0.488 e. The zero-order valence-electron chi connectivity index (χ0n) is 33.6. The molecule has 2 fully saturated rings. The Labute approximate surface area is 328 Å². The summed E-state index contributed by atoms with van der Waals surface area (Å²) in [5.41, 5.74) is 7.62. The number of amides is 3. The van der Waals surface area contributed by atoms with Crippen molar-refractivity contribution in [2.24, 2.45) is 16.8 Å². The number of hydrogen-bond donors (Lipinski definition) is 2. The van der Waals surface area contributed by atoms with Crippen molar-refractivity contribution >= 4 is 40.3 Å². The van der Waals surface area contributed by atoms with Crippen molar-refractivity contribution in [1.29, 1.82) is 0 Å². The van der Waals surface area contributed by atoms with Crippen LogP contribution < -0.4 is 10.1 Å². The normalized spacial score (nSPS) is 22.0. The molecule has 12 nitrogen and oxygen atoms in total. The van der Waals surface area contributed by atoms with Crippen molar-refractivity contribution in [3.63, 3.8) is 0 Å². The highest BCUT2D eigenvalue weighted by atomic mass is 16.6. The van der Waals surface area contributed by atoms with Crippen LogP contribution >= 0.6 is 0 Å². The molecule has 12 heteroatoms. The number of hydrogen-bond acceptors (Lipinski definition) is 8. The molecule has 0 aliphatic carbocycles. The Hall–Kier alpha value is -5.39. The Kier molecular flexibility index (Phi) is 9.57. The van der Waals surface area contributed by atoms with Crippen molar-refractivity contribution in [3.8, 4) is 28.1 Å². The molecule has 0 spiro atoms. The van der Waals surface area contributed by atoms with Crippen LogP contribution in [0.4, 0.5) is 15.3 Å². The number of likely N-dealkylation sites (tertiary alicyclic amines) is 2. The van der Waals surface area contributed by atoms with E-state index in [0.717, 1.165) is 86.5 Å². The number of alkyl carbamates (subject to hydrolysis) is 1. The van der Waals surface area contributed by atoms with Gasteiger partial charge in [-0.1, -0.05) is 39.0 Å². The molecule has 56 heavy (non-hydrogen) atoms. The van der Waals surface area contributed by atoms with Crippen molar-refractivity contribution in [2.75, 3.05) is 13.7 Å². The SMILES string of the molecule is COC(=O)N[C@H](C(=O)N1[C@@H](C)CC[C@H]1C1=Nc2ccc3cc4c(cc3c2C1)OCc1cc(-c2cnc(C3C[C@H](C)CN3C(=O)OC(C)(C)C)[nH]2)ccc1-4)C(C)C. The average Bonchev–Trinajstić information content (AvgIpc) is 3.97. The Morgan fingerprint density at radius 3 is 2.57 bits per heavy atom. The number of rotatable bonds is 6. The van der Waals surface area contributed by atoms with Crippen molar-refractivity contribution in [3.05, 3.63) is 65.6 Å². The maximum Gasteiger partial charge on any atom is 0.410 e. The van der Waals surface area contributed by atoms with Crippen molar-refractivity contribution < 1.29 is 28.6 Å². The number of benzene rings is 3. The van der Waals surface area contributed by atoms with Gasteiger partial charge >= 0.3 is 12.2 Å². The van der Waals surface area contributed by atoms with E-state index in [1.54, 1.807) is 4.90 Å². The molecule has 0 radical (unpaired) electrons. The van der Waals surface area contributed by atoms with E-state index in [9.17, 15) is 14.4 Å². The Bertz CT molecular complexity index is 2250. The monoisotopic (exact) mass is 760 g/mol. The van der Waals surface area contributed by atoms with Gasteiger partial charge in [-0.05, 0) is 116 Å². The molecule has 4 aliphatic heterocycles. The Morgan fingerprint density at radius 2 is 1.82 bits per heavy atom. The van der Waals surface area contributed by atoms with Gasteiger partial charge in [0.25, 0.3) is 0 Å². The van der Waals surface area contributed by atoms with E-state index in [4.69, 9.17) is 24.2 Å². The molecule has 4 aliphatic rings. The lowest BCUT2D eigenvalue weighted by Gasteiger charge is -2.33. The maximum absolute atomic E-state index is 14.0. The summed E-state index contributed by atoms with van der Waals surface area (Å²) in [7, 11) is 1.31. The number of carbonyl (C=O) groups is 3. The van der Waals surface area contributed by atoms with Crippen LogP contribution in [0.5, 0.6) is 5.75 Å². The molecule has 1 unspecified atom stereocenters. The molecule has 2 N–H and O–H groups in total. The zero-order chi connectivity index (χ0) is 39.6. The van der Waals surface area contributed by atoms with Crippen LogP contribution in [-0.2, 0) is 27.3 Å². The minimum atomic E-state index is -0.687. The van der Waals surface area contributed by atoms with Gasteiger partial charge in [-0.3, -0.25) is 14.7 Å². The van der Waals surface area contributed by atoms with Gasteiger partial charge in [0, 0.05) is 30.3 Å². The van der Waals surface area contributed by atoms with E-state index in [1.165, 1.54) is 7.11 Å². The summed E-state index contributed by atoms with van der Waals surface area (Å²) in [6.45, 7) is 14.8. The summed E-state index contributed by atoms with van der Waals surface area (Å²) in [5.74, 6) is 1.73. The maximum atomic E-state index is 14.0. The molecule has 0 saturated carbocycles. The number of aromatic nitrogens is 2. The smallest absolute Gasteiger partial charge is 0.410 e. The van der Waals surface area contributed by atoms with Crippen LogP contribution in [0.1, 0.15) is 90.7 Å². The van der Waals surface area contributed by atoms with E-state index in [-0.39, 0.29) is 36.0 Å². The summed E-state index contributed by atoms with van der Waals surface area (Å²) in [6.07, 6.45) is 4.07. The molecule has 3 amide bonds. The molecule has 5 heterocycles. The Morgan fingerprint density at radius 1 is 1.02 bits per heavy atom. The van der Waals surface area contributed by atoms with E-state index < -0.39 is 17.7 Å². The molecule has 0 bridgehead atoms. The third kappa shape index (κ3) is 6.87. The number of fused-ring (bicyclic) bond motifs is 6. The number of aromatic amines is 1. The van der Waals surface area contributed by atoms with Crippen LogP contribution in [0.15, 0.2) is 53.7 Å². The molecule has 5 atom stereocenters. The summed E-state index contributed by atoms with van der Waals surface area (Å²) in [4.78, 5) is 56.3. The molecule has 3 aromatic carbocycles. The molecule has 4 aromatic rings. The van der Waals surface area contributed by atoms with Crippen LogP contribution in [0.3, 0.4) is 0 Å². The van der Waals surface area contributed by atoms with Gasteiger partial charge in [-0.25, -0.2) is 14.6 Å². The topological polar surface area (TPSA) is 138 Å². The number of methoxy groups -OCH3 is 1. The number of nitrogens with one attached hydrogen (secondary N) is 2. The van der Waals surface area contributed by atoms with Gasteiger partial charge in [0.15, 0.2) is 0 Å². The quantitative estimate of drug-likeness (QED) is 0.201. The van der Waals surface area contributed by atoms with E-state index >= 15 is 0 Å². The second kappa shape index (κ2) is 14.3. The fraction of sp³-hybridized carbons (Fsp3) is 0.477. The van der Waals surface area contributed by atoms with Gasteiger partial charge in [0.2, 0.25) is 5.91 Å². The predicted octanol–water partition coefficient (Wildman–Crippen LogP) is 8.50. The van der Waals surface area contributed by atoms with Crippen LogP contribution in [0.25, 0.3) is 33.2 Å². The van der Waals surface area contributed by atoms with Gasteiger partial charge in [-0.15, -0.1) is 0 Å². The third-order valence-electron chi connectivity index (χ3n) is 11.7. The van der Waals surface area contributed by atoms with Crippen LogP contribution in [0, 0.1) is 11.8 Å². The number of carbonyl (C=O) groups excluding carboxylic acids is 3. The van der Waals surface area contributed by atoms with E-state index in [2.05, 4.69) is 66.6 Å². The van der Waals surface area contributed by atoms with E-state index in [0.29, 0.717) is 25.5 Å². The molecule has 2 saturated heterocycles. The predicted molar refractivity (Wildman–Crippen MR) is 215 cm³/mol. The minimum Gasteiger partial charge on any atom is -0.488 e. The highest BCUT2D eigenvalue weighted by molar-refractivity contribution is 6.06. The summed E-state index contributed by atoms with van der Waals surface area (Å²) in [6, 6.07) is 14.0. The van der Waals surface area contributed by atoms with Gasteiger partial charge in [0.05, 0.1) is 36.8 Å². The standard InChI is InChI=1S/C44H52N6O6/c1-23(2)39(48-42(52)54-8)41(51)50-25(4)9-14-36(50)34-18-31-30-19-38-32(17-26(30)11-13-33(31)46-34)29-12-10-27(16-28(29)22-55-38)35-20-45-40(47-35)37-15-24(3)21-49(37)43(53)56-44(5,6)7/h10-13,16-17,19-20,23-25,36-37,39H,9,14-15,18,21-22H2,1-8H3,(H,45,47)(H,48,52)/t24-,25-,36-,37?,39-/m0/s1. The van der Waals surface area contributed by atoms with Crippen molar-refractivity contribution in [1.82, 2.24) is 25.1 Å². The first-order valence-electron chi connectivity index (χ1n) is 19.8. The number of ether oxygens (including phenoxy) is 3. The first-order valence-corrected chi connectivity index (χ1v) is 19.8. The minimum absolute atomic E-state index is 0.0262. The second-order valence-corrected chi connectivity index (χ2v) is 17.3. The second-order valence-electron chi connectivity index (χ2n) is 17.3. The molecule has 8 rings (SSSR count). The van der Waals surface area contributed by atoms with Gasteiger partial charge < -0.3 is 29.4 Å². The van der Waals surface area contributed by atoms with Crippen molar-refractivity contribution in [2.45, 2.75) is 111 Å². The highest BCUT2D eigenvalue weighted by Gasteiger charge is 2.43. The highest BCUT2D eigenvalue weighted by Crippen LogP contribution is 2.45. The molecule has 1 aromatic heterocycles. The van der Waals surface area contributed by atoms with E-state index in [1.807, 2.05) is 45.7 Å². The number of imidazole rings is 1. The lowest BCUT2D eigenvalue weighted by molar-refractivity contribution is -0.135. The number of H-pyrrole nitrogens is 1. The fourth-order valence-electron chi connectivity index (χ4n) is 8.91. The van der Waals surface area contributed by atoms with Gasteiger partial charge in [-0.2, -0.15) is 0 Å². The van der Waals surface area contributed by atoms with Crippen LogP contribution in [0.2, 0.25) is 0 Å². The summed E-state index contributed by atoms with van der Waals surface area (Å²) in [5, 5.41) is 4.96. The summed E-state index contributed by atoms with van der Waals surface area (Å²) < 4.78 is 17.0. The number of nitrogens with zero attached hydrogens (tertiary/aromatic N) is 4. The first-order chi connectivity index (χ1) is 26.7. The first kappa shape index (κ1) is 37.5. The van der Waals surface area contributed by atoms with Gasteiger partial charge in [0.1, 0.15) is 29.8 Å². The average molecular weight is 761 g/mol. The molecular weight excluding hydrogens is 709 g/mol. The summed E-state index contributed by atoms with van der Waals surface area (Å²) >= 11 is 0. The Balaban J connectivity index is 1.02. The number of aliphatic imine (C=N–C) groups is 1. The fourth-order valence-corrected chi connectivity index (χ4v) is 8.91. The third-order valence-corrected chi connectivity index (χ3v) is 11.7. The molecular formula is C44H52N6O6. The zero-order valence-corrected chi connectivity index (χ0v) is 33.6. The lowest BCUT2D eigenvalue weighted by Crippen LogP contribution is -2.55. The molecule has 294 valence electrons.